The smallest absolute Gasteiger partial charge is 0.236 e. The molecule has 2 fully saturated rings. The molecular formula is C16H31N4OV-. The molecule has 0 saturated carbocycles. The Kier molecular flexibility index (Phi) is 8.43. The van der Waals surface area contributed by atoms with E-state index in [1.165, 1.54) is 13.0 Å². The summed E-state index contributed by atoms with van der Waals surface area (Å²) in [6.07, 6.45) is 1.24. The number of carbonyl (C=O) groups excluding carboxylic acids is 1. The average Bonchev–Trinajstić information content (AvgIpc) is 2.46. The summed E-state index contributed by atoms with van der Waals surface area (Å²) in [7, 11) is 0. The number of amides is 1. The monoisotopic (exact) mass is 346 g/mol. The van der Waals surface area contributed by atoms with E-state index in [2.05, 4.69) is 35.9 Å². The molecule has 6 heteroatoms. The van der Waals surface area contributed by atoms with E-state index >= 15 is 0 Å². The summed E-state index contributed by atoms with van der Waals surface area (Å²) in [5.41, 5.74) is 0.409. The van der Waals surface area contributed by atoms with Gasteiger partial charge in [0.1, 0.15) is 0 Å². The fourth-order valence-corrected chi connectivity index (χ4v) is 2.81. The van der Waals surface area contributed by atoms with Crippen LogP contribution < -0.4 is 0 Å². The predicted molar refractivity (Wildman–Crippen MR) is 86.6 cm³/mol. The zero-order valence-electron chi connectivity index (χ0n) is 14.4. The summed E-state index contributed by atoms with van der Waals surface area (Å²) in [5.74, 6) is 0.285. The Morgan fingerprint density at radius 1 is 0.955 bits per heavy atom. The van der Waals surface area contributed by atoms with E-state index < -0.39 is 0 Å². The first-order valence-electron chi connectivity index (χ1n) is 8.30. The fraction of sp³-hybridized carbons (Fsp3) is 0.938. The summed E-state index contributed by atoms with van der Waals surface area (Å²) in [4.78, 5) is 19.0. The van der Waals surface area contributed by atoms with E-state index in [9.17, 15) is 4.79 Å². The summed E-state index contributed by atoms with van der Waals surface area (Å²) in [6.45, 7) is 16.1. The molecule has 2 heterocycles. The molecule has 0 aromatic rings. The van der Waals surface area contributed by atoms with E-state index in [-0.39, 0.29) is 24.5 Å². The van der Waals surface area contributed by atoms with Crippen molar-refractivity contribution < 1.29 is 23.4 Å². The molecule has 2 aliphatic heterocycles. The molecule has 0 aromatic carbocycles. The Bertz CT molecular complexity index is 332. The zero-order valence-corrected chi connectivity index (χ0v) is 15.8. The second-order valence-electron chi connectivity index (χ2n) is 7.48. The number of nitrogens with zero attached hydrogens (tertiary/aromatic N) is 4. The fourth-order valence-electron chi connectivity index (χ4n) is 2.81. The molecular weight excluding hydrogens is 315 g/mol. The maximum atomic E-state index is 12.2. The van der Waals surface area contributed by atoms with Gasteiger partial charge in [-0.3, -0.25) is 9.69 Å². The minimum Gasteiger partial charge on any atom is -0.659 e. The molecule has 0 aromatic heterocycles. The molecule has 0 unspecified atom stereocenters. The number of hydrogen-bond donors (Lipinski definition) is 0. The summed E-state index contributed by atoms with van der Waals surface area (Å²) >= 11 is 0. The molecule has 0 N–H and O–H groups in total. The number of rotatable bonds is 4. The molecule has 2 saturated heterocycles. The van der Waals surface area contributed by atoms with Crippen molar-refractivity contribution in [3.8, 4) is 0 Å². The zero-order chi connectivity index (χ0) is 15.3. The summed E-state index contributed by atoms with van der Waals surface area (Å²) in [6, 6.07) is 0. The Hall–Kier alpha value is -0.0656. The minimum atomic E-state index is 0. The van der Waals surface area contributed by atoms with Gasteiger partial charge in [-0.1, -0.05) is 20.8 Å². The van der Waals surface area contributed by atoms with E-state index in [4.69, 9.17) is 0 Å². The second-order valence-corrected chi connectivity index (χ2v) is 7.48. The average molecular weight is 346 g/mol. The first-order chi connectivity index (χ1) is 9.94. The number of hydrogen-bond acceptors (Lipinski definition) is 3. The Labute approximate surface area is 147 Å². The van der Waals surface area contributed by atoms with Crippen LogP contribution in [0.15, 0.2) is 0 Å². The Morgan fingerprint density at radius 3 is 2.05 bits per heavy atom. The van der Waals surface area contributed by atoms with Crippen molar-refractivity contribution in [3.63, 3.8) is 0 Å². The van der Waals surface area contributed by atoms with Crippen LogP contribution in [0, 0.1) is 5.41 Å². The predicted octanol–water partition coefficient (Wildman–Crippen LogP) is 1.25. The van der Waals surface area contributed by atoms with Crippen molar-refractivity contribution in [1.29, 1.82) is 0 Å². The maximum Gasteiger partial charge on any atom is 0.236 e. The van der Waals surface area contributed by atoms with Crippen molar-refractivity contribution in [3.05, 3.63) is 5.32 Å². The molecule has 0 bridgehead atoms. The summed E-state index contributed by atoms with van der Waals surface area (Å²) < 4.78 is 0. The molecule has 0 spiro atoms. The van der Waals surface area contributed by atoms with Gasteiger partial charge in [-0.25, -0.2) is 0 Å². The first-order valence-corrected chi connectivity index (χ1v) is 8.30. The van der Waals surface area contributed by atoms with Crippen LogP contribution in [0.3, 0.4) is 0 Å². The molecule has 0 atom stereocenters. The van der Waals surface area contributed by atoms with Crippen molar-refractivity contribution in [2.75, 3.05) is 65.4 Å². The SMILES string of the molecule is CC(C)(C)CCN1CCN(CC(=O)N2CC[N-]CC2)CC1.[V]. The van der Waals surface area contributed by atoms with Gasteiger partial charge >= 0.3 is 0 Å². The van der Waals surface area contributed by atoms with E-state index in [1.54, 1.807) is 0 Å². The van der Waals surface area contributed by atoms with Crippen LogP contribution in [0.1, 0.15) is 27.2 Å². The molecule has 1 amide bonds. The quantitative estimate of drug-likeness (QED) is 0.769. The molecule has 2 rings (SSSR count). The third-order valence-corrected chi connectivity index (χ3v) is 4.41. The van der Waals surface area contributed by atoms with Gasteiger partial charge in [-0.05, 0) is 18.4 Å². The van der Waals surface area contributed by atoms with Gasteiger partial charge < -0.3 is 15.1 Å². The molecule has 127 valence electrons. The largest absolute Gasteiger partial charge is 0.659 e. The van der Waals surface area contributed by atoms with Crippen LogP contribution in [0.5, 0.6) is 0 Å². The Morgan fingerprint density at radius 2 is 1.50 bits per heavy atom. The van der Waals surface area contributed by atoms with E-state index in [1.807, 2.05) is 4.90 Å². The maximum absolute atomic E-state index is 12.2. The molecule has 0 aliphatic carbocycles. The second kappa shape index (κ2) is 9.28. The normalized spacial score (nSPS) is 21.5. The van der Waals surface area contributed by atoms with Gasteiger partial charge in [0.2, 0.25) is 5.91 Å². The van der Waals surface area contributed by atoms with E-state index in [0.717, 1.165) is 52.4 Å². The standard InChI is InChI=1S/C16H31N4O.V/c1-16(2,3)4-7-18-10-12-19(13-11-18)14-15(21)20-8-5-17-6-9-20;/h4-14H2,1-3H3;/q-1;. The summed E-state index contributed by atoms with van der Waals surface area (Å²) in [5, 5.41) is 4.29. The van der Waals surface area contributed by atoms with Gasteiger partial charge in [0.05, 0.1) is 6.54 Å². The molecule has 1 radical (unpaired) electrons. The third kappa shape index (κ3) is 7.01. The van der Waals surface area contributed by atoms with Gasteiger partial charge in [0.15, 0.2) is 0 Å². The van der Waals surface area contributed by atoms with Crippen LogP contribution in [-0.2, 0) is 23.4 Å². The van der Waals surface area contributed by atoms with Crippen molar-refractivity contribution in [2.45, 2.75) is 27.2 Å². The molecule has 5 nitrogen and oxygen atoms in total. The van der Waals surface area contributed by atoms with Crippen LogP contribution in [-0.4, -0.2) is 86.1 Å². The van der Waals surface area contributed by atoms with Gasteiger partial charge in [-0.15, -0.1) is 13.1 Å². The van der Waals surface area contributed by atoms with Gasteiger partial charge in [0, 0.05) is 57.8 Å². The first kappa shape index (κ1) is 20.0. The van der Waals surface area contributed by atoms with Crippen LogP contribution in [0.25, 0.3) is 5.32 Å². The van der Waals surface area contributed by atoms with Gasteiger partial charge in [-0.2, -0.15) is 0 Å². The topological polar surface area (TPSA) is 40.9 Å². The van der Waals surface area contributed by atoms with Crippen molar-refractivity contribution in [1.82, 2.24) is 14.7 Å². The van der Waals surface area contributed by atoms with Crippen LogP contribution in [0.2, 0.25) is 0 Å². The number of piperazine rings is 2. The van der Waals surface area contributed by atoms with Crippen LogP contribution >= 0.6 is 0 Å². The van der Waals surface area contributed by atoms with Crippen LogP contribution in [0.4, 0.5) is 0 Å². The van der Waals surface area contributed by atoms with Gasteiger partial charge in [0.25, 0.3) is 0 Å². The van der Waals surface area contributed by atoms with Crippen molar-refractivity contribution >= 4 is 5.91 Å². The number of carbonyl (C=O) groups is 1. The molecule has 2 aliphatic rings. The molecule has 22 heavy (non-hydrogen) atoms. The van der Waals surface area contributed by atoms with E-state index in [0.29, 0.717) is 12.0 Å². The van der Waals surface area contributed by atoms with Crippen molar-refractivity contribution in [2.24, 2.45) is 5.41 Å². The Balaban J connectivity index is 0.00000242. The third-order valence-electron chi connectivity index (χ3n) is 4.41. The minimum absolute atomic E-state index is 0.